The van der Waals surface area contributed by atoms with Crippen LogP contribution in [0.5, 0.6) is 0 Å². The summed E-state index contributed by atoms with van der Waals surface area (Å²) in [4.78, 5) is 35.1. The number of carboxylic acid groups (broad SMARTS) is 2. The van der Waals surface area contributed by atoms with Gasteiger partial charge in [0, 0.05) is 6.20 Å². The minimum Gasteiger partial charge on any atom is -0.481 e. The molecule has 0 saturated carbocycles. The van der Waals surface area contributed by atoms with Crippen molar-refractivity contribution in [3.8, 4) is 0 Å². The molecule has 0 aromatic carbocycles. The van der Waals surface area contributed by atoms with E-state index in [1.54, 1.807) is 0 Å². The monoisotopic (exact) mass is 333 g/mol. The van der Waals surface area contributed by atoms with Crippen LogP contribution < -0.4 is 5.32 Å². The van der Waals surface area contributed by atoms with Crippen molar-refractivity contribution in [1.29, 1.82) is 0 Å². The third-order valence-corrected chi connectivity index (χ3v) is 2.67. The van der Waals surface area contributed by atoms with Crippen molar-refractivity contribution >= 4 is 39.2 Å². The van der Waals surface area contributed by atoms with E-state index in [-0.39, 0.29) is 10.2 Å². The van der Waals surface area contributed by atoms with Gasteiger partial charge in [-0.2, -0.15) is 0 Å². The van der Waals surface area contributed by atoms with Crippen LogP contribution in [-0.4, -0.2) is 38.1 Å². The Labute approximate surface area is 114 Å². The summed E-state index contributed by atoms with van der Waals surface area (Å²) in [5, 5.41) is 30.6. The van der Waals surface area contributed by atoms with E-state index in [0.717, 1.165) is 6.20 Å². The summed E-state index contributed by atoms with van der Waals surface area (Å²) < 4.78 is 0.165. The Morgan fingerprint density at radius 1 is 1.47 bits per heavy atom. The summed E-state index contributed by atoms with van der Waals surface area (Å²) in [5.74, 6) is -2.77. The molecule has 0 bridgehead atoms. The van der Waals surface area contributed by atoms with Gasteiger partial charge in [-0.05, 0) is 15.9 Å². The number of nitrogens with zero attached hydrogens (tertiary/aromatic N) is 2. The maximum Gasteiger partial charge on any atom is 0.326 e. The van der Waals surface area contributed by atoms with Crippen molar-refractivity contribution in [2.45, 2.75) is 12.5 Å². The second kappa shape index (κ2) is 6.09. The quantitative estimate of drug-likeness (QED) is 0.518. The number of nitrogens with one attached hydrogen (secondary N) is 1. The SMILES string of the molecule is O=C(O)CC(Nc1c(Br)cncc1[N+](=O)[O-])C(=O)O. The zero-order chi connectivity index (χ0) is 14.6. The predicted molar refractivity (Wildman–Crippen MR) is 65.9 cm³/mol. The number of aliphatic carboxylic acids is 2. The molecule has 9 nitrogen and oxygen atoms in total. The van der Waals surface area contributed by atoms with E-state index >= 15 is 0 Å². The highest BCUT2D eigenvalue weighted by atomic mass is 79.9. The van der Waals surface area contributed by atoms with Gasteiger partial charge in [-0.15, -0.1) is 0 Å². The number of halogens is 1. The first kappa shape index (κ1) is 14.8. The van der Waals surface area contributed by atoms with Gasteiger partial charge in [0.1, 0.15) is 17.9 Å². The standard InChI is InChI=1S/C9H8BrN3O6/c10-4-2-11-3-6(13(18)19)8(4)12-5(9(16)17)1-7(14)15/h2-3,5H,1H2,(H,11,12)(H,14,15)(H,16,17). The van der Waals surface area contributed by atoms with Crippen LogP contribution in [0.4, 0.5) is 11.4 Å². The molecule has 0 saturated heterocycles. The summed E-state index contributed by atoms with van der Waals surface area (Å²) in [6.07, 6.45) is 1.45. The highest BCUT2D eigenvalue weighted by Crippen LogP contribution is 2.31. The number of rotatable bonds is 6. The Hall–Kier alpha value is -2.23. The largest absolute Gasteiger partial charge is 0.481 e. The first-order valence-corrected chi connectivity index (χ1v) is 5.61. The normalized spacial score (nSPS) is 11.6. The van der Waals surface area contributed by atoms with Gasteiger partial charge in [-0.25, -0.2) is 4.79 Å². The number of hydrogen-bond acceptors (Lipinski definition) is 6. The van der Waals surface area contributed by atoms with Gasteiger partial charge in [-0.1, -0.05) is 0 Å². The number of anilines is 1. The molecule has 0 aliphatic carbocycles. The lowest BCUT2D eigenvalue weighted by Gasteiger charge is -2.14. The molecule has 1 rings (SSSR count). The molecule has 1 aromatic heterocycles. The summed E-state index contributed by atoms with van der Waals surface area (Å²) in [7, 11) is 0. The molecule has 0 aliphatic rings. The maximum atomic E-state index is 10.9. The van der Waals surface area contributed by atoms with Crippen LogP contribution in [0.3, 0.4) is 0 Å². The van der Waals surface area contributed by atoms with Crippen LogP contribution in [0, 0.1) is 10.1 Å². The van der Waals surface area contributed by atoms with E-state index in [0.29, 0.717) is 0 Å². The van der Waals surface area contributed by atoms with Crippen LogP contribution in [-0.2, 0) is 9.59 Å². The second-order valence-corrected chi connectivity index (χ2v) is 4.26. The molecule has 3 N–H and O–H groups in total. The van der Waals surface area contributed by atoms with Crippen LogP contribution in [0.15, 0.2) is 16.9 Å². The third-order valence-electron chi connectivity index (χ3n) is 2.07. The fourth-order valence-corrected chi connectivity index (χ4v) is 1.69. The number of carbonyl (C=O) groups is 2. The molecular formula is C9H8BrN3O6. The Morgan fingerprint density at radius 2 is 2.11 bits per heavy atom. The van der Waals surface area contributed by atoms with Crippen LogP contribution in [0.25, 0.3) is 0 Å². The third kappa shape index (κ3) is 3.88. The van der Waals surface area contributed by atoms with Crippen molar-refractivity contribution < 1.29 is 24.7 Å². The smallest absolute Gasteiger partial charge is 0.326 e. The highest BCUT2D eigenvalue weighted by molar-refractivity contribution is 9.10. The fraction of sp³-hybridized carbons (Fsp3) is 0.222. The van der Waals surface area contributed by atoms with E-state index in [1.165, 1.54) is 6.20 Å². The van der Waals surface area contributed by atoms with E-state index < -0.39 is 35.0 Å². The molecule has 0 amide bonds. The van der Waals surface area contributed by atoms with Crippen molar-refractivity contribution in [1.82, 2.24) is 4.98 Å². The second-order valence-electron chi connectivity index (χ2n) is 3.41. The summed E-state index contributed by atoms with van der Waals surface area (Å²) in [5.41, 5.74) is -0.584. The topological polar surface area (TPSA) is 143 Å². The molecule has 1 atom stereocenters. The molecule has 102 valence electrons. The van der Waals surface area contributed by atoms with Gasteiger partial charge >= 0.3 is 17.6 Å². The Morgan fingerprint density at radius 3 is 2.58 bits per heavy atom. The van der Waals surface area contributed by atoms with Gasteiger partial charge < -0.3 is 15.5 Å². The van der Waals surface area contributed by atoms with Gasteiger partial charge in [0.15, 0.2) is 0 Å². The molecule has 0 radical (unpaired) electrons. The van der Waals surface area contributed by atoms with Crippen LogP contribution in [0.2, 0.25) is 0 Å². The highest BCUT2D eigenvalue weighted by Gasteiger charge is 2.26. The zero-order valence-corrected chi connectivity index (χ0v) is 10.8. The maximum absolute atomic E-state index is 10.9. The Bertz CT molecular complexity index is 535. The van der Waals surface area contributed by atoms with Crippen LogP contribution in [0.1, 0.15) is 6.42 Å². The van der Waals surface area contributed by atoms with Gasteiger partial charge in [0.2, 0.25) is 0 Å². The first-order chi connectivity index (χ1) is 8.82. The minimum atomic E-state index is -1.49. The number of aromatic nitrogens is 1. The van der Waals surface area contributed by atoms with Gasteiger partial charge in [-0.3, -0.25) is 19.9 Å². The Kier molecular flexibility index (Phi) is 4.75. The number of carboxylic acids is 2. The lowest BCUT2D eigenvalue weighted by Crippen LogP contribution is -2.32. The minimum absolute atomic E-state index is 0.131. The molecular weight excluding hydrogens is 326 g/mol. The van der Waals surface area contributed by atoms with E-state index in [4.69, 9.17) is 10.2 Å². The van der Waals surface area contributed by atoms with E-state index in [1.807, 2.05) is 0 Å². The lowest BCUT2D eigenvalue weighted by atomic mass is 10.2. The fourth-order valence-electron chi connectivity index (χ4n) is 1.25. The first-order valence-electron chi connectivity index (χ1n) is 4.82. The summed E-state index contributed by atoms with van der Waals surface area (Å²) in [6.45, 7) is 0. The lowest BCUT2D eigenvalue weighted by molar-refractivity contribution is -0.384. The number of hydrogen-bond donors (Lipinski definition) is 3. The molecule has 1 unspecified atom stereocenters. The van der Waals surface area contributed by atoms with E-state index in [2.05, 4.69) is 26.2 Å². The van der Waals surface area contributed by atoms with Crippen molar-refractivity contribution in [2.24, 2.45) is 0 Å². The van der Waals surface area contributed by atoms with E-state index in [9.17, 15) is 19.7 Å². The average molecular weight is 334 g/mol. The molecule has 0 spiro atoms. The molecule has 19 heavy (non-hydrogen) atoms. The van der Waals surface area contributed by atoms with Crippen molar-refractivity contribution in [3.63, 3.8) is 0 Å². The number of pyridine rings is 1. The van der Waals surface area contributed by atoms with Gasteiger partial charge in [0.25, 0.3) is 0 Å². The van der Waals surface area contributed by atoms with Crippen LogP contribution >= 0.6 is 15.9 Å². The Balaban J connectivity index is 3.11. The molecule has 10 heteroatoms. The zero-order valence-electron chi connectivity index (χ0n) is 9.24. The van der Waals surface area contributed by atoms with Crippen molar-refractivity contribution in [3.05, 3.63) is 27.0 Å². The molecule has 1 heterocycles. The van der Waals surface area contributed by atoms with Gasteiger partial charge in [0.05, 0.1) is 15.8 Å². The number of nitro groups is 1. The molecule has 1 aromatic rings. The molecule has 0 aliphatic heterocycles. The molecule has 0 fully saturated rings. The van der Waals surface area contributed by atoms with Crippen molar-refractivity contribution in [2.75, 3.05) is 5.32 Å². The predicted octanol–water partition coefficient (Wildman–Crippen LogP) is 1.09. The summed E-state index contributed by atoms with van der Waals surface area (Å²) in [6, 6.07) is -1.49. The summed E-state index contributed by atoms with van der Waals surface area (Å²) >= 11 is 2.99. The average Bonchev–Trinajstić information content (AvgIpc) is 2.29.